The first-order valence-corrected chi connectivity index (χ1v) is 12.0. The van der Waals surface area contributed by atoms with Gasteiger partial charge in [0, 0.05) is 22.1 Å². The van der Waals surface area contributed by atoms with E-state index in [2.05, 4.69) is 15.4 Å². The number of rotatable bonds is 9. The maximum Gasteiger partial charge on any atom is 0.287 e. The molecule has 0 aliphatic rings. The predicted molar refractivity (Wildman–Crippen MR) is 140 cm³/mol. The number of ether oxygens (including phenoxy) is 4. The molecule has 194 valence electrons. The van der Waals surface area contributed by atoms with Gasteiger partial charge in [0.2, 0.25) is 5.75 Å². The number of nitrogens with one attached hydrogen (secondary N) is 1. The highest BCUT2D eigenvalue weighted by molar-refractivity contribution is 7.04. The van der Waals surface area contributed by atoms with E-state index in [9.17, 15) is 4.79 Å². The fourth-order valence-electron chi connectivity index (χ4n) is 3.90. The number of amides is 1. The molecule has 1 atom stereocenters. The highest BCUT2D eigenvalue weighted by atomic mass is 35.5. The summed E-state index contributed by atoms with van der Waals surface area (Å²) in [5, 5.41) is 4.93. The SMILES string of the molecule is COc1ccc(-c2csnc2-c2cc(OC)c(OC)c(OC)c2)cc1NC(=O)[C@H]([NH3+])c1ccccc1.[Cl-]. The quantitative estimate of drug-likeness (QED) is 0.332. The zero-order chi connectivity index (χ0) is 25.7. The van der Waals surface area contributed by atoms with Crippen LogP contribution in [0.15, 0.2) is 66.0 Å². The summed E-state index contributed by atoms with van der Waals surface area (Å²) in [6.07, 6.45) is 0. The molecule has 1 heterocycles. The molecule has 1 amide bonds. The Morgan fingerprint density at radius 3 is 2.11 bits per heavy atom. The third-order valence-electron chi connectivity index (χ3n) is 5.79. The molecule has 0 saturated carbocycles. The Kier molecular flexibility index (Phi) is 9.35. The van der Waals surface area contributed by atoms with E-state index >= 15 is 0 Å². The van der Waals surface area contributed by atoms with Crippen LogP contribution in [0.5, 0.6) is 23.0 Å². The number of hydrogen-bond acceptors (Lipinski definition) is 7. The van der Waals surface area contributed by atoms with Crippen molar-refractivity contribution in [3.63, 3.8) is 0 Å². The van der Waals surface area contributed by atoms with E-state index in [1.165, 1.54) is 11.5 Å². The minimum atomic E-state index is -0.572. The zero-order valence-electron chi connectivity index (χ0n) is 20.9. The molecule has 4 aromatic rings. The van der Waals surface area contributed by atoms with Crippen molar-refractivity contribution in [2.45, 2.75) is 6.04 Å². The molecule has 0 saturated heterocycles. The van der Waals surface area contributed by atoms with Gasteiger partial charge in [-0.15, -0.1) is 0 Å². The number of aromatic nitrogens is 1. The van der Waals surface area contributed by atoms with Gasteiger partial charge in [-0.2, -0.15) is 4.37 Å². The minimum absolute atomic E-state index is 0. The second-order valence-corrected chi connectivity index (χ2v) is 8.49. The second kappa shape index (κ2) is 12.4. The maximum atomic E-state index is 13.0. The third kappa shape index (κ3) is 5.80. The molecule has 0 aliphatic carbocycles. The smallest absolute Gasteiger partial charge is 0.287 e. The number of carbonyl (C=O) groups is 1. The first-order valence-electron chi connectivity index (χ1n) is 11.1. The van der Waals surface area contributed by atoms with Crippen LogP contribution in [-0.2, 0) is 4.79 Å². The lowest BCUT2D eigenvalue weighted by atomic mass is 10.00. The van der Waals surface area contributed by atoms with Gasteiger partial charge in [-0.1, -0.05) is 36.4 Å². The van der Waals surface area contributed by atoms with E-state index in [-0.39, 0.29) is 18.3 Å². The van der Waals surface area contributed by atoms with E-state index in [0.29, 0.717) is 28.7 Å². The predicted octanol–water partition coefficient (Wildman–Crippen LogP) is 1.44. The molecule has 0 unspecified atom stereocenters. The maximum absolute atomic E-state index is 13.0. The minimum Gasteiger partial charge on any atom is -1.00 e. The van der Waals surface area contributed by atoms with E-state index < -0.39 is 6.04 Å². The first-order chi connectivity index (χ1) is 17.5. The number of anilines is 1. The lowest BCUT2D eigenvalue weighted by molar-refractivity contribution is -0.408. The van der Waals surface area contributed by atoms with Gasteiger partial charge < -0.3 is 42.4 Å². The van der Waals surface area contributed by atoms with Crippen LogP contribution in [-0.4, -0.2) is 38.7 Å². The molecular formula is C27H28ClN3O5S. The Balaban J connectivity index is 0.00000380. The Hall–Kier alpha value is -3.79. The molecule has 8 nitrogen and oxygen atoms in total. The van der Waals surface area contributed by atoms with Crippen molar-refractivity contribution < 1.29 is 41.9 Å². The van der Waals surface area contributed by atoms with E-state index in [0.717, 1.165) is 27.9 Å². The summed E-state index contributed by atoms with van der Waals surface area (Å²) in [7, 11) is 6.28. The molecule has 1 aromatic heterocycles. The highest BCUT2D eigenvalue weighted by Crippen LogP contribution is 2.44. The molecule has 37 heavy (non-hydrogen) atoms. The molecule has 0 spiro atoms. The van der Waals surface area contributed by atoms with Crippen LogP contribution in [0.3, 0.4) is 0 Å². The number of hydrogen-bond donors (Lipinski definition) is 2. The summed E-state index contributed by atoms with van der Waals surface area (Å²) in [5.74, 6) is 1.90. The van der Waals surface area contributed by atoms with Crippen LogP contribution in [0.2, 0.25) is 0 Å². The Morgan fingerprint density at radius 1 is 0.865 bits per heavy atom. The normalized spacial score (nSPS) is 11.2. The van der Waals surface area contributed by atoms with Gasteiger partial charge >= 0.3 is 0 Å². The fraction of sp³-hybridized carbons (Fsp3) is 0.185. The lowest BCUT2D eigenvalue weighted by Crippen LogP contribution is -3.00. The van der Waals surface area contributed by atoms with Crippen molar-refractivity contribution in [3.8, 4) is 45.4 Å². The lowest BCUT2D eigenvalue weighted by Gasteiger charge is -2.15. The molecule has 0 bridgehead atoms. The first kappa shape index (κ1) is 27.8. The molecule has 0 fully saturated rings. The molecule has 4 rings (SSSR count). The third-order valence-corrected chi connectivity index (χ3v) is 6.42. The van der Waals surface area contributed by atoms with E-state index in [4.69, 9.17) is 18.9 Å². The number of benzene rings is 3. The van der Waals surface area contributed by atoms with Gasteiger partial charge in [-0.05, 0) is 41.4 Å². The summed E-state index contributed by atoms with van der Waals surface area (Å²) in [6, 6.07) is 18.2. The van der Waals surface area contributed by atoms with Crippen molar-refractivity contribution in [1.82, 2.24) is 4.37 Å². The van der Waals surface area contributed by atoms with Gasteiger partial charge in [0.1, 0.15) is 5.75 Å². The standard InChI is InChI=1S/C27H27N3O5S.ClH/c1-32-21-11-10-17(12-20(21)29-27(31)24(28)16-8-6-5-7-9-16)19-15-36-30-25(19)18-13-22(33-2)26(35-4)23(14-18)34-3;/h5-15,24H,28H2,1-4H3,(H,29,31);1H/t24-;/m1./s1. The van der Waals surface area contributed by atoms with Crippen molar-refractivity contribution in [1.29, 1.82) is 0 Å². The van der Waals surface area contributed by atoms with Gasteiger partial charge in [0.15, 0.2) is 17.5 Å². The topological polar surface area (TPSA) is 107 Å². The van der Waals surface area contributed by atoms with Gasteiger partial charge in [-0.3, -0.25) is 4.79 Å². The average molecular weight is 542 g/mol. The number of halogens is 1. The van der Waals surface area contributed by atoms with Crippen LogP contribution in [0.4, 0.5) is 5.69 Å². The van der Waals surface area contributed by atoms with Gasteiger partial charge in [-0.25, -0.2) is 0 Å². The van der Waals surface area contributed by atoms with Crippen molar-refractivity contribution in [3.05, 3.63) is 71.6 Å². The number of nitrogens with zero attached hydrogens (tertiary/aromatic N) is 1. The Morgan fingerprint density at radius 2 is 1.51 bits per heavy atom. The number of quaternary nitrogens is 1. The van der Waals surface area contributed by atoms with Crippen LogP contribution in [0.1, 0.15) is 11.6 Å². The molecule has 10 heteroatoms. The van der Waals surface area contributed by atoms with Crippen molar-refractivity contribution in [2.24, 2.45) is 0 Å². The van der Waals surface area contributed by atoms with Crippen molar-refractivity contribution in [2.75, 3.05) is 33.8 Å². The second-order valence-electron chi connectivity index (χ2n) is 7.86. The zero-order valence-corrected chi connectivity index (χ0v) is 22.5. The monoisotopic (exact) mass is 541 g/mol. The number of carbonyl (C=O) groups excluding carboxylic acids is 1. The van der Waals surface area contributed by atoms with Crippen molar-refractivity contribution >= 4 is 23.1 Å². The van der Waals surface area contributed by atoms with Crippen LogP contribution >= 0.6 is 11.5 Å². The van der Waals surface area contributed by atoms with Crippen LogP contribution in [0.25, 0.3) is 22.4 Å². The summed E-state index contributed by atoms with van der Waals surface area (Å²) in [5.41, 5.74) is 8.73. The summed E-state index contributed by atoms with van der Waals surface area (Å²) < 4.78 is 26.6. The Labute approximate surface area is 225 Å². The molecule has 4 N–H and O–H groups in total. The van der Waals surface area contributed by atoms with Gasteiger partial charge in [0.25, 0.3) is 5.91 Å². The molecule has 0 radical (unpaired) electrons. The molecular weight excluding hydrogens is 514 g/mol. The van der Waals surface area contributed by atoms with E-state index in [1.807, 2.05) is 66.0 Å². The fourth-order valence-corrected chi connectivity index (χ4v) is 4.61. The number of methoxy groups -OCH3 is 4. The van der Waals surface area contributed by atoms with Gasteiger partial charge in [0.05, 0.1) is 39.8 Å². The van der Waals surface area contributed by atoms with E-state index in [1.54, 1.807) is 28.4 Å². The highest BCUT2D eigenvalue weighted by Gasteiger charge is 2.22. The Bertz CT molecular complexity index is 1340. The van der Waals surface area contributed by atoms with Crippen LogP contribution < -0.4 is 42.4 Å². The summed E-state index contributed by atoms with van der Waals surface area (Å²) in [6.45, 7) is 0. The largest absolute Gasteiger partial charge is 1.00 e. The molecule has 3 aromatic carbocycles. The average Bonchev–Trinajstić information content (AvgIpc) is 3.42. The molecule has 0 aliphatic heterocycles. The summed E-state index contributed by atoms with van der Waals surface area (Å²) in [4.78, 5) is 13.0. The van der Waals surface area contributed by atoms with Crippen LogP contribution in [0, 0.1) is 0 Å². The summed E-state index contributed by atoms with van der Waals surface area (Å²) >= 11 is 1.33.